The summed E-state index contributed by atoms with van der Waals surface area (Å²) in [6, 6.07) is 10.9. The molecule has 0 radical (unpaired) electrons. The van der Waals surface area contributed by atoms with Crippen LogP contribution in [0.4, 0.5) is 0 Å². The van der Waals surface area contributed by atoms with Crippen LogP contribution in [0.25, 0.3) is 0 Å². The third-order valence-corrected chi connectivity index (χ3v) is 4.25. The van der Waals surface area contributed by atoms with E-state index in [1.807, 2.05) is 13.1 Å². The Morgan fingerprint density at radius 3 is 2.39 bits per heavy atom. The van der Waals surface area contributed by atoms with Crippen LogP contribution in [0.5, 0.6) is 0 Å². The molecule has 1 aromatic carbocycles. The second kappa shape index (κ2) is 10.8. The van der Waals surface area contributed by atoms with Gasteiger partial charge in [-0.15, -0.1) is 24.0 Å². The van der Waals surface area contributed by atoms with Crippen LogP contribution in [0.3, 0.4) is 0 Å². The first-order chi connectivity index (χ1) is 10.7. The number of likely N-dealkylation sites (N-methyl/N-ethyl adjacent to an activating group) is 1. The molecule has 23 heavy (non-hydrogen) atoms. The molecule has 0 amide bonds. The topological polar surface area (TPSA) is 42.9 Å². The fraction of sp³-hybridized carbons (Fsp3) is 0.588. The van der Waals surface area contributed by atoms with E-state index in [-0.39, 0.29) is 24.0 Å². The van der Waals surface area contributed by atoms with Gasteiger partial charge in [0.2, 0.25) is 0 Å². The molecular formula is C17H30IN5. The van der Waals surface area contributed by atoms with Crippen molar-refractivity contribution in [1.82, 2.24) is 20.4 Å². The first kappa shape index (κ1) is 20.2. The second-order valence-electron chi connectivity index (χ2n) is 5.98. The van der Waals surface area contributed by atoms with Gasteiger partial charge in [-0.3, -0.25) is 9.89 Å². The lowest BCUT2D eigenvalue weighted by Crippen LogP contribution is -2.52. The van der Waals surface area contributed by atoms with Crippen LogP contribution in [0.1, 0.15) is 12.5 Å². The quantitative estimate of drug-likeness (QED) is 0.423. The standard InChI is InChI=1S/C17H29N5.HI/c1-15(22-11-9-21(3)10-12-22)13-19-17(18-2)20-14-16-7-5-4-6-8-16;/h4-8,15H,9-14H2,1-3H3,(H2,18,19,20);1H. The molecule has 130 valence electrons. The number of benzene rings is 1. The Labute approximate surface area is 157 Å². The molecule has 2 N–H and O–H groups in total. The third kappa shape index (κ3) is 7.05. The van der Waals surface area contributed by atoms with E-state index in [0.717, 1.165) is 45.2 Å². The average molecular weight is 431 g/mol. The summed E-state index contributed by atoms with van der Waals surface area (Å²) < 4.78 is 0. The van der Waals surface area contributed by atoms with Crippen LogP contribution in [0, 0.1) is 0 Å². The van der Waals surface area contributed by atoms with Crippen LogP contribution < -0.4 is 10.6 Å². The Kier molecular flexibility index (Phi) is 9.50. The highest BCUT2D eigenvalue weighted by molar-refractivity contribution is 14.0. The number of piperazine rings is 1. The Bertz CT molecular complexity index is 457. The van der Waals surface area contributed by atoms with Gasteiger partial charge in [0.1, 0.15) is 0 Å². The predicted molar refractivity (Wildman–Crippen MR) is 109 cm³/mol. The molecule has 1 atom stereocenters. The molecule has 1 saturated heterocycles. The molecule has 1 aliphatic rings. The van der Waals surface area contributed by atoms with Gasteiger partial charge in [-0.2, -0.15) is 0 Å². The van der Waals surface area contributed by atoms with Crippen molar-refractivity contribution in [2.45, 2.75) is 19.5 Å². The molecule has 0 saturated carbocycles. The lowest BCUT2D eigenvalue weighted by Gasteiger charge is -2.36. The molecule has 0 aromatic heterocycles. The number of aliphatic imine (C=N–C) groups is 1. The zero-order valence-corrected chi connectivity index (χ0v) is 16.8. The first-order valence-electron chi connectivity index (χ1n) is 8.10. The van der Waals surface area contributed by atoms with E-state index in [0.29, 0.717) is 6.04 Å². The number of hydrogen-bond donors (Lipinski definition) is 2. The summed E-state index contributed by atoms with van der Waals surface area (Å²) in [5, 5.41) is 6.79. The number of hydrogen-bond acceptors (Lipinski definition) is 3. The van der Waals surface area contributed by atoms with Gasteiger partial charge in [-0.25, -0.2) is 0 Å². The van der Waals surface area contributed by atoms with Crippen molar-refractivity contribution in [2.24, 2.45) is 4.99 Å². The summed E-state index contributed by atoms with van der Waals surface area (Å²) in [5.74, 6) is 0.866. The maximum absolute atomic E-state index is 4.30. The van der Waals surface area contributed by atoms with Crippen LogP contribution in [0.15, 0.2) is 35.3 Å². The van der Waals surface area contributed by atoms with E-state index >= 15 is 0 Å². The van der Waals surface area contributed by atoms with E-state index < -0.39 is 0 Å². The molecule has 1 aliphatic heterocycles. The molecule has 0 spiro atoms. The zero-order chi connectivity index (χ0) is 15.8. The Balaban J connectivity index is 0.00000264. The molecule has 0 aliphatic carbocycles. The van der Waals surface area contributed by atoms with Crippen LogP contribution in [0.2, 0.25) is 0 Å². The molecule has 6 heteroatoms. The number of halogens is 1. The van der Waals surface area contributed by atoms with Gasteiger partial charge in [0.15, 0.2) is 5.96 Å². The minimum atomic E-state index is 0. The predicted octanol–water partition coefficient (Wildman–Crippen LogP) is 1.61. The molecule has 0 bridgehead atoms. The highest BCUT2D eigenvalue weighted by Gasteiger charge is 2.18. The average Bonchev–Trinajstić information content (AvgIpc) is 2.56. The fourth-order valence-electron chi connectivity index (χ4n) is 2.64. The zero-order valence-electron chi connectivity index (χ0n) is 14.5. The summed E-state index contributed by atoms with van der Waals surface area (Å²) >= 11 is 0. The maximum atomic E-state index is 4.30. The lowest BCUT2D eigenvalue weighted by atomic mass is 10.2. The summed E-state index contributed by atoms with van der Waals surface area (Å²) in [6.07, 6.45) is 0. The van der Waals surface area contributed by atoms with Crippen LogP contribution in [-0.4, -0.2) is 68.6 Å². The molecule has 1 unspecified atom stereocenters. The molecular weight excluding hydrogens is 401 g/mol. The maximum Gasteiger partial charge on any atom is 0.191 e. The van der Waals surface area contributed by atoms with E-state index in [9.17, 15) is 0 Å². The number of nitrogens with zero attached hydrogens (tertiary/aromatic N) is 3. The highest BCUT2D eigenvalue weighted by atomic mass is 127. The van der Waals surface area contributed by atoms with Crippen LogP contribution >= 0.6 is 24.0 Å². The molecule has 5 nitrogen and oxygen atoms in total. The van der Waals surface area contributed by atoms with Gasteiger partial charge in [-0.05, 0) is 19.5 Å². The number of guanidine groups is 1. The van der Waals surface area contributed by atoms with Gasteiger partial charge < -0.3 is 15.5 Å². The number of nitrogens with one attached hydrogen (secondary N) is 2. The van der Waals surface area contributed by atoms with Gasteiger partial charge >= 0.3 is 0 Å². The van der Waals surface area contributed by atoms with E-state index in [1.54, 1.807) is 0 Å². The summed E-state index contributed by atoms with van der Waals surface area (Å²) in [4.78, 5) is 9.23. The summed E-state index contributed by atoms with van der Waals surface area (Å²) in [5.41, 5.74) is 1.26. The van der Waals surface area contributed by atoms with Crippen molar-refractivity contribution >= 4 is 29.9 Å². The Morgan fingerprint density at radius 1 is 1.13 bits per heavy atom. The highest BCUT2D eigenvalue weighted by Crippen LogP contribution is 2.04. The summed E-state index contributed by atoms with van der Waals surface area (Å²) in [6.45, 7) is 8.60. The van der Waals surface area contributed by atoms with Gasteiger partial charge in [-0.1, -0.05) is 30.3 Å². The second-order valence-corrected chi connectivity index (χ2v) is 5.98. The van der Waals surface area contributed by atoms with Crippen molar-refractivity contribution in [3.63, 3.8) is 0 Å². The van der Waals surface area contributed by atoms with Crippen LogP contribution in [-0.2, 0) is 6.54 Å². The SMILES string of the molecule is CN=C(NCc1ccccc1)NCC(C)N1CCN(C)CC1.I. The first-order valence-corrected chi connectivity index (χ1v) is 8.10. The van der Waals surface area contributed by atoms with E-state index in [4.69, 9.17) is 0 Å². The van der Waals surface area contributed by atoms with Crippen molar-refractivity contribution in [2.75, 3.05) is 46.8 Å². The fourth-order valence-corrected chi connectivity index (χ4v) is 2.64. The minimum Gasteiger partial charge on any atom is -0.355 e. The monoisotopic (exact) mass is 431 g/mol. The molecule has 2 rings (SSSR count). The normalized spacial score (nSPS) is 18.1. The van der Waals surface area contributed by atoms with Gasteiger partial charge in [0.05, 0.1) is 0 Å². The van der Waals surface area contributed by atoms with Crippen molar-refractivity contribution in [1.29, 1.82) is 0 Å². The summed E-state index contributed by atoms with van der Waals surface area (Å²) in [7, 11) is 4.01. The molecule has 1 aromatic rings. The smallest absolute Gasteiger partial charge is 0.191 e. The Morgan fingerprint density at radius 2 is 1.78 bits per heavy atom. The number of rotatable bonds is 5. The van der Waals surface area contributed by atoms with Crippen molar-refractivity contribution in [3.8, 4) is 0 Å². The molecule has 1 heterocycles. The van der Waals surface area contributed by atoms with Crippen molar-refractivity contribution in [3.05, 3.63) is 35.9 Å². The Hall–Kier alpha value is -0.860. The molecule has 1 fully saturated rings. The third-order valence-electron chi connectivity index (χ3n) is 4.25. The largest absolute Gasteiger partial charge is 0.355 e. The lowest BCUT2D eigenvalue weighted by molar-refractivity contribution is 0.120. The van der Waals surface area contributed by atoms with Gasteiger partial charge in [0.25, 0.3) is 0 Å². The van der Waals surface area contributed by atoms with E-state index in [2.05, 4.69) is 63.7 Å². The van der Waals surface area contributed by atoms with Gasteiger partial charge in [0, 0.05) is 52.4 Å². The minimum absolute atomic E-state index is 0. The van der Waals surface area contributed by atoms with Crippen molar-refractivity contribution < 1.29 is 0 Å². The van der Waals surface area contributed by atoms with E-state index in [1.165, 1.54) is 5.56 Å².